The molecule has 2 fully saturated rings. The van der Waals surface area contributed by atoms with Gasteiger partial charge in [-0.25, -0.2) is 4.79 Å². The van der Waals surface area contributed by atoms with E-state index in [1.54, 1.807) is 7.11 Å². The topological polar surface area (TPSA) is 140 Å². The van der Waals surface area contributed by atoms with Crippen molar-refractivity contribution in [2.24, 2.45) is 0 Å². The van der Waals surface area contributed by atoms with E-state index >= 15 is 0 Å². The van der Waals surface area contributed by atoms with Crippen molar-refractivity contribution < 1.29 is 23.8 Å². The van der Waals surface area contributed by atoms with Crippen molar-refractivity contribution in [1.29, 1.82) is 0 Å². The number of benzene rings is 1. The lowest BCUT2D eigenvalue weighted by molar-refractivity contribution is 0.00676. The highest BCUT2D eigenvalue weighted by Gasteiger charge is 2.31. The van der Waals surface area contributed by atoms with Crippen LogP contribution in [0.25, 0.3) is 0 Å². The van der Waals surface area contributed by atoms with Gasteiger partial charge >= 0.3 is 5.97 Å². The Morgan fingerprint density at radius 1 is 1.18 bits per heavy atom. The summed E-state index contributed by atoms with van der Waals surface area (Å²) >= 11 is 6.08. The molecule has 0 unspecified atom stereocenters. The molecule has 0 aliphatic carbocycles. The van der Waals surface area contributed by atoms with Crippen molar-refractivity contribution in [2.45, 2.75) is 44.1 Å². The lowest BCUT2D eigenvalue weighted by Crippen LogP contribution is -2.55. The summed E-state index contributed by atoms with van der Waals surface area (Å²) in [5.74, 6) is -0.356. The fourth-order valence-corrected chi connectivity index (χ4v) is 5.15. The maximum atomic E-state index is 13.0. The van der Waals surface area contributed by atoms with Crippen molar-refractivity contribution in [3.8, 4) is 5.88 Å². The first-order chi connectivity index (χ1) is 19.4. The summed E-state index contributed by atoms with van der Waals surface area (Å²) in [6.45, 7) is 5.61. The van der Waals surface area contributed by atoms with Crippen LogP contribution in [0.4, 0.5) is 5.82 Å². The maximum absolute atomic E-state index is 13.0. The Morgan fingerprint density at radius 2 is 1.93 bits per heavy atom. The van der Waals surface area contributed by atoms with Gasteiger partial charge in [0.2, 0.25) is 5.88 Å². The minimum absolute atomic E-state index is 0.00206. The second kappa shape index (κ2) is 14.6. The molecule has 2 aliphatic heterocycles. The Labute approximate surface area is 240 Å². The molecule has 0 spiro atoms. The van der Waals surface area contributed by atoms with Crippen LogP contribution in [-0.2, 0) is 16.0 Å². The first-order valence-corrected chi connectivity index (χ1v) is 14.0. The van der Waals surface area contributed by atoms with Crippen molar-refractivity contribution in [3.63, 3.8) is 0 Å². The van der Waals surface area contributed by atoms with Crippen LogP contribution in [0.15, 0.2) is 30.3 Å². The number of pyridine rings is 1. The number of nitrogens with two attached hydrogens (primary N) is 1. The van der Waals surface area contributed by atoms with Crippen LogP contribution in [0, 0.1) is 0 Å². The highest BCUT2D eigenvalue weighted by molar-refractivity contribution is 6.33. The number of rotatable bonds is 11. The Hall–Kier alpha value is -2.96. The van der Waals surface area contributed by atoms with Crippen molar-refractivity contribution >= 4 is 29.3 Å². The molecule has 218 valence electrons. The number of aromatic nitrogens is 1. The fourth-order valence-electron chi connectivity index (χ4n) is 5.00. The second-order valence-corrected chi connectivity index (χ2v) is 10.5. The molecule has 2 aliphatic rings. The van der Waals surface area contributed by atoms with E-state index in [1.807, 2.05) is 24.3 Å². The number of nitrogens with one attached hydrogen (secondary N) is 3. The molecule has 1 amide bonds. The first kappa shape index (κ1) is 30.0. The SMILES string of the molecule is COc1nc(N)c(Cl)cc1C(=O)N[C@@H]1CCN(CCNCc2ccc(C(=O)OC3CCNCC3)cc2)C[C@@H]1OC. The molecular weight excluding hydrogens is 536 g/mol. The number of esters is 1. The van der Waals surface area contributed by atoms with Gasteiger partial charge in [0.1, 0.15) is 17.5 Å². The monoisotopic (exact) mass is 574 g/mol. The van der Waals surface area contributed by atoms with Gasteiger partial charge in [-0.1, -0.05) is 23.7 Å². The summed E-state index contributed by atoms with van der Waals surface area (Å²) < 4.78 is 16.5. The summed E-state index contributed by atoms with van der Waals surface area (Å²) in [5, 5.41) is 9.97. The maximum Gasteiger partial charge on any atom is 0.338 e. The van der Waals surface area contributed by atoms with E-state index in [1.165, 1.54) is 13.2 Å². The molecule has 1 aromatic carbocycles. The molecule has 2 atom stereocenters. The number of methoxy groups -OCH3 is 2. The van der Waals surface area contributed by atoms with Crippen LogP contribution in [0.3, 0.4) is 0 Å². The van der Waals surface area contributed by atoms with Crippen LogP contribution in [0.2, 0.25) is 5.02 Å². The van der Waals surface area contributed by atoms with Gasteiger partial charge in [0, 0.05) is 39.8 Å². The first-order valence-electron chi connectivity index (χ1n) is 13.6. The number of amides is 1. The minimum Gasteiger partial charge on any atom is -0.480 e. The number of anilines is 1. The zero-order chi connectivity index (χ0) is 28.5. The number of piperidine rings is 2. The summed E-state index contributed by atoms with van der Waals surface area (Å²) in [5.41, 5.74) is 7.64. The molecule has 12 heteroatoms. The number of carbonyl (C=O) groups is 2. The summed E-state index contributed by atoms with van der Waals surface area (Å²) in [6.07, 6.45) is 2.28. The highest BCUT2D eigenvalue weighted by atomic mass is 35.5. The van der Waals surface area contributed by atoms with Gasteiger partial charge in [0.05, 0.1) is 29.8 Å². The van der Waals surface area contributed by atoms with Crippen molar-refractivity contribution in [2.75, 3.05) is 59.2 Å². The highest BCUT2D eigenvalue weighted by Crippen LogP contribution is 2.25. The minimum atomic E-state index is -0.334. The number of halogens is 1. The average Bonchev–Trinajstić information content (AvgIpc) is 2.97. The number of hydrogen-bond acceptors (Lipinski definition) is 10. The van der Waals surface area contributed by atoms with Gasteiger partial charge in [-0.2, -0.15) is 4.98 Å². The van der Waals surface area contributed by atoms with E-state index in [2.05, 4.69) is 25.8 Å². The van der Waals surface area contributed by atoms with Crippen LogP contribution in [-0.4, -0.2) is 93.5 Å². The molecular formula is C28H39ClN6O5. The lowest BCUT2D eigenvalue weighted by atomic mass is 10.0. The molecule has 0 saturated carbocycles. The van der Waals surface area contributed by atoms with Crippen LogP contribution in [0.5, 0.6) is 5.88 Å². The summed E-state index contributed by atoms with van der Waals surface area (Å²) in [4.78, 5) is 31.7. The van der Waals surface area contributed by atoms with E-state index < -0.39 is 0 Å². The van der Waals surface area contributed by atoms with Crippen LogP contribution in [0.1, 0.15) is 45.5 Å². The van der Waals surface area contributed by atoms with Gasteiger partial charge < -0.3 is 35.9 Å². The molecule has 0 bridgehead atoms. The molecule has 1 aromatic heterocycles. The molecule has 40 heavy (non-hydrogen) atoms. The van der Waals surface area contributed by atoms with Crippen molar-refractivity contribution in [3.05, 3.63) is 52.0 Å². The fraction of sp³-hybridized carbons (Fsp3) is 0.536. The van der Waals surface area contributed by atoms with Crippen molar-refractivity contribution in [1.82, 2.24) is 25.8 Å². The molecule has 2 aromatic rings. The third kappa shape index (κ3) is 8.05. The predicted molar refractivity (Wildman–Crippen MR) is 153 cm³/mol. The Morgan fingerprint density at radius 3 is 2.62 bits per heavy atom. The lowest BCUT2D eigenvalue weighted by Gasteiger charge is -2.38. The number of nitrogen functional groups attached to an aromatic ring is 1. The number of likely N-dealkylation sites (tertiary alicyclic amines) is 1. The molecule has 2 saturated heterocycles. The van der Waals surface area contributed by atoms with E-state index in [9.17, 15) is 9.59 Å². The normalized spacial score (nSPS) is 20.2. The molecule has 0 radical (unpaired) electrons. The second-order valence-electron chi connectivity index (χ2n) is 10.1. The third-order valence-corrected chi connectivity index (χ3v) is 7.65. The molecule has 11 nitrogen and oxygen atoms in total. The van der Waals surface area contributed by atoms with Gasteiger partial charge in [-0.15, -0.1) is 0 Å². The third-order valence-electron chi connectivity index (χ3n) is 7.35. The zero-order valence-electron chi connectivity index (χ0n) is 23.1. The molecule has 3 heterocycles. The Balaban J connectivity index is 1.19. The Bertz CT molecular complexity index is 1140. The van der Waals surface area contributed by atoms with Gasteiger partial charge in [0.15, 0.2) is 0 Å². The standard InChI is InChI=1S/C28H39ClN6O5/c1-38-24-17-35(13-9-23(24)33-26(36)21-15-22(29)25(30)34-27(21)39-2)14-12-32-16-18-3-5-19(6-4-18)28(37)40-20-7-10-31-11-8-20/h3-6,15,20,23-24,31-32H,7-14,16-17H2,1-2H3,(H2,30,34)(H,33,36)/t23-,24+/m1/s1. The number of hydrogen-bond donors (Lipinski definition) is 4. The van der Waals surface area contributed by atoms with E-state index in [-0.39, 0.29) is 52.4 Å². The summed E-state index contributed by atoms with van der Waals surface area (Å²) in [7, 11) is 3.08. The van der Waals surface area contributed by atoms with Crippen LogP contribution >= 0.6 is 11.6 Å². The zero-order valence-corrected chi connectivity index (χ0v) is 23.8. The average molecular weight is 575 g/mol. The van der Waals surface area contributed by atoms with Gasteiger partial charge in [-0.05, 0) is 56.1 Å². The van der Waals surface area contributed by atoms with E-state index in [4.69, 9.17) is 31.5 Å². The molecule has 5 N–H and O–H groups in total. The number of ether oxygens (including phenoxy) is 3. The smallest absolute Gasteiger partial charge is 0.338 e. The number of nitrogens with zero attached hydrogens (tertiary/aromatic N) is 2. The van der Waals surface area contributed by atoms with E-state index in [0.29, 0.717) is 18.7 Å². The Kier molecular flexibility index (Phi) is 11.0. The summed E-state index contributed by atoms with van der Waals surface area (Å²) in [6, 6.07) is 8.87. The van der Waals surface area contributed by atoms with Gasteiger partial charge in [-0.3, -0.25) is 9.69 Å². The molecule has 4 rings (SSSR count). The van der Waals surface area contributed by atoms with Gasteiger partial charge in [0.25, 0.3) is 5.91 Å². The number of carbonyl (C=O) groups excluding carboxylic acids is 2. The van der Waals surface area contributed by atoms with Crippen LogP contribution < -0.4 is 26.4 Å². The largest absolute Gasteiger partial charge is 0.480 e. The quantitative estimate of drug-likeness (QED) is 0.232. The van der Waals surface area contributed by atoms with E-state index in [0.717, 1.165) is 57.5 Å². The predicted octanol–water partition coefficient (Wildman–Crippen LogP) is 1.84.